The molecule has 0 radical (unpaired) electrons. The molecular weight excluding hydrogens is 441 g/mol. The fourth-order valence-electron chi connectivity index (χ4n) is 3.93. The number of nitrogens with one attached hydrogen (secondary N) is 1. The Balaban J connectivity index is 1.60. The lowest BCUT2D eigenvalue weighted by molar-refractivity contribution is -0.136. The molecule has 2 aromatic rings. The number of benzene rings is 2. The van der Waals surface area contributed by atoms with E-state index in [1.807, 2.05) is 47.6 Å². The summed E-state index contributed by atoms with van der Waals surface area (Å²) in [6, 6.07) is 15.5. The number of esters is 1. The number of amidine groups is 1. The molecular formula is C25H24FN3O3S. The van der Waals surface area contributed by atoms with Crippen LogP contribution in [0.3, 0.4) is 0 Å². The van der Waals surface area contributed by atoms with E-state index in [0.29, 0.717) is 28.4 Å². The molecule has 2 aromatic carbocycles. The zero-order chi connectivity index (χ0) is 23.4. The number of halogens is 1. The molecule has 0 fully saturated rings. The average Bonchev–Trinajstić information content (AvgIpc) is 3.24. The van der Waals surface area contributed by atoms with Crippen molar-refractivity contribution in [1.29, 1.82) is 0 Å². The van der Waals surface area contributed by atoms with Gasteiger partial charge in [0.05, 0.1) is 30.8 Å². The third kappa shape index (κ3) is 4.71. The fourth-order valence-corrected chi connectivity index (χ4v) is 4.86. The number of rotatable bonds is 7. The van der Waals surface area contributed by atoms with E-state index < -0.39 is 12.0 Å². The van der Waals surface area contributed by atoms with Crippen molar-refractivity contribution in [1.82, 2.24) is 10.2 Å². The van der Waals surface area contributed by atoms with Crippen LogP contribution in [0.5, 0.6) is 0 Å². The SMILES string of the molecule is CCC1=C(C(=O)OC)C(c2ccccc2)N2C(CC(=O)NCc3ccccc3F)=CSC2=N1. The number of hydrogen-bond donors (Lipinski definition) is 1. The molecule has 8 heteroatoms. The summed E-state index contributed by atoms with van der Waals surface area (Å²) in [5.74, 6) is -1.05. The van der Waals surface area contributed by atoms with Gasteiger partial charge in [0.25, 0.3) is 0 Å². The van der Waals surface area contributed by atoms with Gasteiger partial charge in [0.15, 0.2) is 5.17 Å². The number of thioether (sulfide) groups is 1. The van der Waals surface area contributed by atoms with Crippen LogP contribution in [-0.4, -0.2) is 29.1 Å². The van der Waals surface area contributed by atoms with Crippen LogP contribution in [-0.2, 0) is 20.9 Å². The van der Waals surface area contributed by atoms with Crippen LogP contribution < -0.4 is 5.32 Å². The Labute approximate surface area is 196 Å². The van der Waals surface area contributed by atoms with Gasteiger partial charge in [-0.2, -0.15) is 0 Å². The van der Waals surface area contributed by atoms with Gasteiger partial charge in [0.2, 0.25) is 5.91 Å². The third-order valence-electron chi connectivity index (χ3n) is 5.52. The molecule has 1 unspecified atom stereocenters. The maximum absolute atomic E-state index is 13.9. The van der Waals surface area contributed by atoms with Crippen molar-refractivity contribution in [3.8, 4) is 0 Å². The minimum atomic E-state index is -0.457. The molecule has 0 saturated heterocycles. The van der Waals surface area contributed by atoms with Crippen molar-refractivity contribution < 1.29 is 18.7 Å². The maximum atomic E-state index is 13.9. The Morgan fingerprint density at radius 1 is 1.15 bits per heavy atom. The molecule has 1 N–H and O–H groups in total. The lowest BCUT2D eigenvalue weighted by atomic mass is 9.93. The first-order valence-electron chi connectivity index (χ1n) is 10.6. The molecule has 1 atom stereocenters. The number of carbonyl (C=O) groups excluding carboxylic acids is 2. The number of methoxy groups -OCH3 is 1. The molecule has 6 nitrogen and oxygen atoms in total. The highest BCUT2D eigenvalue weighted by Gasteiger charge is 2.41. The summed E-state index contributed by atoms with van der Waals surface area (Å²) in [4.78, 5) is 32.2. The second-order valence-corrected chi connectivity index (χ2v) is 8.39. The van der Waals surface area contributed by atoms with Gasteiger partial charge in [0, 0.05) is 17.8 Å². The average molecular weight is 466 g/mol. The van der Waals surface area contributed by atoms with E-state index in [1.54, 1.807) is 18.2 Å². The first-order valence-corrected chi connectivity index (χ1v) is 11.5. The lowest BCUT2D eigenvalue weighted by Gasteiger charge is -2.36. The van der Waals surface area contributed by atoms with Gasteiger partial charge in [-0.05, 0) is 23.5 Å². The summed E-state index contributed by atoms with van der Waals surface area (Å²) in [6.07, 6.45) is 0.643. The first kappa shape index (κ1) is 22.8. The third-order valence-corrected chi connectivity index (χ3v) is 6.41. The van der Waals surface area contributed by atoms with Gasteiger partial charge in [-0.1, -0.05) is 67.2 Å². The minimum absolute atomic E-state index is 0.0692. The predicted octanol–water partition coefficient (Wildman–Crippen LogP) is 4.67. The molecule has 0 aromatic heterocycles. The second kappa shape index (κ2) is 10.0. The predicted molar refractivity (Wildman–Crippen MR) is 126 cm³/mol. The van der Waals surface area contributed by atoms with Crippen LogP contribution >= 0.6 is 11.8 Å². The van der Waals surface area contributed by atoms with Gasteiger partial charge in [0.1, 0.15) is 5.82 Å². The van der Waals surface area contributed by atoms with Crippen LogP contribution in [0.25, 0.3) is 0 Å². The Hall–Kier alpha value is -3.39. The zero-order valence-electron chi connectivity index (χ0n) is 18.4. The number of carbonyl (C=O) groups is 2. The number of fused-ring (bicyclic) bond motifs is 1. The molecule has 0 aliphatic carbocycles. The highest BCUT2D eigenvalue weighted by Crippen LogP contribution is 2.45. The number of aliphatic imine (C=N–C) groups is 1. The van der Waals surface area contributed by atoms with Crippen molar-refractivity contribution in [2.24, 2.45) is 4.99 Å². The Morgan fingerprint density at radius 2 is 1.88 bits per heavy atom. The topological polar surface area (TPSA) is 71.0 Å². The van der Waals surface area contributed by atoms with E-state index >= 15 is 0 Å². The molecule has 4 rings (SSSR count). The Bertz CT molecular complexity index is 1160. The van der Waals surface area contributed by atoms with Gasteiger partial charge >= 0.3 is 5.97 Å². The molecule has 170 valence electrons. The normalized spacial score (nSPS) is 17.3. The van der Waals surface area contributed by atoms with E-state index in [4.69, 9.17) is 9.73 Å². The van der Waals surface area contributed by atoms with Crippen LogP contribution in [0.15, 0.2) is 82.0 Å². The van der Waals surface area contributed by atoms with Crippen LogP contribution in [0.4, 0.5) is 4.39 Å². The van der Waals surface area contributed by atoms with Crippen molar-refractivity contribution in [2.45, 2.75) is 32.4 Å². The quantitative estimate of drug-likeness (QED) is 0.602. The Morgan fingerprint density at radius 3 is 2.58 bits per heavy atom. The number of ether oxygens (including phenoxy) is 1. The van der Waals surface area contributed by atoms with Gasteiger partial charge in [-0.3, -0.25) is 4.79 Å². The monoisotopic (exact) mass is 465 g/mol. The van der Waals surface area contributed by atoms with Crippen LogP contribution in [0, 0.1) is 5.82 Å². The largest absolute Gasteiger partial charge is 0.466 e. The molecule has 2 aliphatic heterocycles. The van der Waals surface area contributed by atoms with E-state index in [2.05, 4.69) is 5.32 Å². The summed E-state index contributed by atoms with van der Waals surface area (Å²) in [5, 5.41) is 5.38. The van der Waals surface area contributed by atoms with Crippen LogP contribution in [0.2, 0.25) is 0 Å². The highest BCUT2D eigenvalue weighted by atomic mass is 32.2. The smallest absolute Gasteiger partial charge is 0.338 e. The molecule has 0 bridgehead atoms. The molecule has 2 aliphatic rings. The summed E-state index contributed by atoms with van der Waals surface area (Å²) in [6.45, 7) is 2.05. The van der Waals surface area contributed by atoms with Crippen LogP contribution in [0.1, 0.15) is 36.9 Å². The zero-order valence-corrected chi connectivity index (χ0v) is 19.2. The van der Waals surface area contributed by atoms with Crippen molar-refractivity contribution in [3.05, 3.63) is 93.9 Å². The number of nitrogens with zero attached hydrogens (tertiary/aromatic N) is 2. The van der Waals surface area contributed by atoms with E-state index in [-0.39, 0.29) is 24.7 Å². The lowest BCUT2D eigenvalue weighted by Crippen LogP contribution is -2.38. The standard InChI is InChI=1S/C25H24FN3O3S/c1-3-20-22(24(31)32-2)23(16-9-5-4-6-10-16)29-18(15-33-25(29)28-20)13-21(30)27-14-17-11-7-8-12-19(17)26/h4-12,15,23H,3,13-14H2,1-2H3,(H,27,30). The first-order chi connectivity index (χ1) is 16.0. The second-order valence-electron chi connectivity index (χ2n) is 7.56. The minimum Gasteiger partial charge on any atom is -0.466 e. The van der Waals surface area contributed by atoms with Crippen molar-refractivity contribution in [3.63, 3.8) is 0 Å². The summed E-state index contributed by atoms with van der Waals surface area (Å²) >= 11 is 1.42. The number of amides is 1. The van der Waals surface area contributed by atoms with E-state index in [1.165, 1.54) is 24.9 Å². The fraction of sp³-hybridized carbons (Fsp3) is 0.240. The Kier molecular flexibility index (Phi) is 6.93. The molecule has 1 amide bonds. The number of hydrogen-bond acceptors (Lipinski definition) is 6. The van der Waals surface area contributed by atoms with Gasteiger partial charge in [-0.25, -0.2) is 14.2 Å². The molecule has 33 heavy (non-hydrogen) atoms. The van der Waals surface area contributed by atoms with Crippen molar-refractivity contribution in [2.75, 3.05) is 7.11 Å². The summed E-state index contributed by atoms with van der Waals surface area (Å²) in [7, 11) is 1.36. The maximum Gasteiger partial charge on any atom is 0.338 e. The summed E-state index contributed by atoms with van der Waals surface area (Å²) in [5.41, 5.74) is 3.18. The molecule has 0 spiro atoms. The molecule has 0 saturated carbocycles. The van der Waals surface area contributed by atoms with Crippen molar-refractivity contribution >= 4 is 28.8 Å². The highest BCUT2D eigenvalue weighted by molar-refractivity contribution is 8.16. The van der Waals surface area contributed by atoms with Gasteiger partial charge in [-0.15, -0.1) is 0 Å². The van der Waals surface area contributed by atoms with Gasteiger partial charge < -0.3 is 15.0 Å². The van der Waals surface area contributed by atoms with E-state index in [0.717, 1.165) is 11.3 Å². The van der Waals surface area contributed by atoms with E-state index in [9.17, 15) is 14.0 Å². The molecule has 2 heterocycles. The number of allylic oxidation sites excluding steroid dienone is 1. The summed E-state index contributed by atoms with van der Waals surface area (Å²) < 4.78 is 19.0.